The Hall–Kier alpha value is -2.35. The van der Waals surface area contributed by atoms with Crippen molar-refractivity contribution >= 4 is 52.4 Å². The number of hydrogen-bond donors (Lipinski definition) is 1. The Balaban J connectivity index is 1.78. The van der Waals surface area contributed by atoms with Crippen molar-refractivity contribution in [1.29, 1.82) is 0 Å². The number of amides is 1. The molecular formula is C24H23Cl3N4O2. The molecule has 0 spiro atoms. The number of aromatic nitrogens is 2. The van der Waals surface area contributed by atoms with Crippen LogP contribution in [-0.2, 0) is 4.74 Å². The third-order valence-electron chi connectivity index (χ3n) is 5.37. The number of hydrogen-bond acceptors (Lipinski definition) is 4. The van der Waals surface area contributed by atoms with Gasteiger partial charge in [-0.05, 0) is 61.4 Å². The van der Waals surface area contributed by atoms with Gasteiger partial charge in [-0.1, -0.05) is 46.9 Å². The summed E-state index contributed by atoms with van der Waals surface area (Å²) in [6.07, 6.45) is 2.02. The summed E-state index contributed by atoms with van der Waals surface area (Å²) in [6, 6.07) is 12.7. The number of allylic oxidation sites excluding steroid dienone is 1. The molecule has 1 fully saturated rings. The van der Waals surface area contributed by atoms with E-state index in [1.54, 1.807) is 22.9 Å². The van der Waals surface area contributed by atoms with Gasteiger partial charge >= 0.3 is 0 Å². The van der Waals surface area contributed by atoms with Gasteiger partial charge in [0.1, 0.15) is 0 Å². The molecule has 172 valence electrons. The summed E-state index contributed by atoms with van der Waals surface area (Å²) in [5.74, 6) is -0.279. The van der Waals surface area contributed by atoms with Gasteiger partial charge in [0.15, 0.2) is 5.69 Å². The normalized spacial score (nSPS) is 15.0. The fourth-order valence-corrected chi connectivity index (χ4v) is 4.37. The fourth-order valence-electron chi connectivity index (χ4n) is 3.75. The van der Waals surface area contributed by atoms with Crippen LogP contribution in [0.2, 0.25) is 15.1 Å². The first kappa shape index (κ1) is 23.8. The largest absolute Gasteiger partial charge is 0.379 e. The maximum absolute atomic E-state index is 13.1. The van der Waals surface area contributed by atoms with E-state index in [2.05, 4.69) is 10.5 Å². The summed E-state index contributed by atoms with van der Waals surface area (Å²) in [5.41, 5.74) is 7.31. The molecule has 9 heteroatoms. The number of rotatable bonds is 5. The van der Waals surface area contributed by atoms with Crippen LogP contribution in [-0.4, -0.2) is 47.0 Å². The molecule has 2 heterocycles. The van der Waals surface area contributed by atoms with Crippen molar-refractivity contribution in [2.45, 2.75) is 13.8 Å². The lowest BCUT2D eigenvalue weighted by Gasteiger charge is -2.26. The summed E-state index contributed by atoms with van der Waals surface area (Å²) in [4.78, 5) is 13.1. The Bertz CT molecular complexity index is 1200. The minimum absolute atomic E-state index is 0.279. The zero-order chi connectivity index (χ0) is 23.5. The number of ether oxygens (including phenoxy) is 1. The van der Waals surface area contributed by atoms with Crippen molar-refractivity contribution in [2.24, 2.45) is 0 Å². The third kappa shape index (κ3) is 5.42. The maximum Gasteiger partial charge on any atom is 0.286 e. The van der Waals surface area contributed by atoms with Gasteiger partial charge in [-0.2, -0.15) is 5.10 Å². The van der Waals surface area contributed by atoms with E-state index in [9.17, 15) is 4.79 Å². The number of nitrogens with one attached hydrogen (secondary N) is 1. The summed E-state index contributed by atoms with van der Waals surface area (Å²) in [7, 11) is 0. The molecule has 1 saturated heterocycles. The number of hydrazine groups is 1. The van der Waals surface area contributed by atoms with Crippen LogP contribution in [0, 0.1) is 6.92 Å². The van der Waals surface area contributed by atoms with E-state index in [1.807, 2.05) is 49.2 Å². The molecule has 33 heavy (non-hydrogen) atoms. The molecule has 1 aliphatic heterocycles. The average Bonchev–Trinajstić information content (AvgIpc) is 3.13. The summed E-state index contributed by atoms with van der Waals surface area (Å²) >= 11 is 18.6. The van der Waals surface area contributed by atoms with Crippen LogP contribution in [0.15, 0.2) is 42.5 Å². The molecule has 1 N–H and O–H groups in total. The minimum atomic E-state index is -0.279. The van der Waals surface area contributed by atoms with Crippen LogP contribution in [0.1, 0.15) is 34.2 Å². The van der Waals surface area contributed by atoms with Crippen molar-refractivity contribution in [3.8, 4) is 5.69 Å². The van der Waals surface area contributed by atoms with Crippen molar-refractivity contribution in [3.05, 3.63) is 80.0 Å². The molecule has 2 aromatic carbocycles. The van der Waals surface area contributed by atoms with E-state index in [4.69, 9.17) is 39.5 Å². The minimum Gasteiger partial charge on any atom is -0.379 e. The summed E-state index contributed by atoms with van der Waals surface area (Å²) in [5, 5.41) is 8.14. The Morgan fingerprint density at radius 1 is 1.06 bits per heavy atom. The first-order valence-corrected chi connectivity index (χ1v) is 11.6. The Labute approximate surface area is 207 Å². The van der Waals surface area contributed by atoms with Crippen molar-refractivity contribution in [3.63, 3.8) is 0 Å². The van der Waals surface area contributed by atoms with E-state index in [1.165, 1.54) is 0 Å². The van der Waals surface area contributed by atoms with Crippen LogP contribution in [0.5, 0.6) is 0 Å². The Morgan fingerprint density at radius 2 is 1.73 bits per heavy atom. The first-order valence-electron chi connectivity index (χ1n) is 10.5. The first-order chi connectivity index (χ1) is 15.8. The number of carbonyl (C=O) groups excluding carboxylic acids is 1. The topological polar surface area (TPSA) is 59.4 Å². The van der Waals surface area contributed by atoms with Crippen LogP contribution < -0.4 is 5.43 Å². The zero-order valence-electron chi connectivity index (χ0n) is 18.2. The monoisotopic (exact) mass is 504 g/mol. The third-order valence-corrected chi connectivity index (χ3v) is 6.16. The molecule has 0 aliphatic carbocycles. The summed E-state index contributed by atoms with van der Waals surface area (Å²) in [6.45, 7) is 6.25. The highest BCUT2D eigenvalue weighted by Crippen LogP contribution is 2.31. The average molecular weight is 506 g/mol. The van der Waals surface area contributed by atoms with Gasteiger partial charge in [0.25, 0.3) is 5.91 Å². The van der Waals surface area contributed by atoms with E-state index >= 15 is 0 Å². The second-order valence-electron chi connectivity index (χ2n) is 7.75. The summed E-state index contributed by atoms with van der Waals surface area (Å²) < 4.78 is 7.05. The van der Waals surface area contributed by atoms with Gasteiger partial charge in [0, 0.05) is 28.7 Å². The molecule has 0 radical (unpaired) electrons. The molecule has 1 aromatic heterocycles. The van der Waals surface area contributed by atoms with Crippen molar-refractivity contribution < 1.29 is 9.53 Å². The van der Waals surface area contributed by atoms with Gasteiger partial charge in [-0.15, -0.1) is 0 Å². The number of halogens is 3. The quantitative estimate of drug-likeness (QED) is 0.485. The predicted molar refractivity (Wildman–Crippen MR) is 133 cm³/mol. The fraction of sp³-hybridized carbons (Fsp3) is 0.250. The lowest BCUT2D eigenvalue weighted by atomic mass is 10.0. The second-order valence-corrected chi connectivity index (χ2v) is 9.03. The van der Waals surface area contributed by atoms with E-state index in [0.29, 0.717) is 52.8 Å². The standard InChI is InChI=1S/C24H23Cl3N4O2/c1-15(13-17-3-5-18(25)6-4-17)23-16(2)22(24(32)29-30-9-11-33-12-10-30)28-31(23)21-8-7-19(26)14-20(21)27/h3-8,13-14H,9-12H2,1-2H3,(H,29,32)/b15-13+. The Morgan fingerprint density at radius 3 is 2.39 bits per heavy atom. The number of benzene rings is 2. The van der Waals surface area contributed by atoms with Crippen molar-refractivity contribution in [1.82, 2.24) is 20.2 Å². The molecule has 1 amide bonds. The van der Waals surface area contributed by atoms with Crippen LogP contribution in [0.4, 0.5) is 0 Å². The zero-order valence-corrected chi connectivity index (χ0v) is 20.5. The number of morpholine rings is 1. The van der Waals surface area contributed by atoms with Gasteiger partial charge in [0.05, 0.1) is 29.6 Å². The molecular weight excluding hydrogens is 483 g/mol. The van der Waals surface area contributed by atoms with E-state index in [0.717, 1.165) is 22.4 Å². The highest BCUT2D eigenvalue weighted by atomic mass is 35.5. The van der Waals surface area contributed by atoms with Crippen molar-refractivity contribution in [2.75, 3.05) is 26.3 Å². The second kappa shape index (κ2) is 10.3. The van der Waals surface area contributed by atoms with Crippen LogP contribution in [0.25, 0.3) is 17.3 Å². The Kier molecular flexibility index (Phi) is 7.41. The molecule has 1 aliphatic rings. The molecule has 4 rings (SSSR count). The molecule has 0 saturated carbocycles. The van der Waals surface area contributed by atoms with E-state index in [-0.39, 0.29) is 5.91 Å². The molecule has 0 atom stereocenters. The highest BCUT2D eigenvalue weighted by molar-refractivity contribution is 6.35. The number of nitrogens with zero attached hydrogens (tertiary/aromatic N) is 3. The molecule has 6 nitrogen and oxygen atoms in total. The molecule has 0 bridgehead atoms. The van der Waals surface area contributed by atoms with Gasteiger partial charge in [-0.25, -0.2) is 9.69 Å². The molecule has 0 unspecified atom stereocenters. The smallest absolute Gasteiger partial charge is 0.286 e. The maximum atomic E-state index is 13.1. The van der Waals surface area contributed by atoms with Crippen LogP contribution >= 0.6 is 34.8 Å². The SMILES string of the molecule is C/C(=C\c1ccc(Cl)cc1)c1c(C)c(C(=O)NN2CCOCC2)nn1-c1ccc(Cl)cc1Cl. The lowest BCUT2D eigenvalue weighted by Crippen LogP contribution is -2.48. The van der Waals surface area contributed by atoms with Gasteiger partial charge in [0.2, 0.25) is 0 Å². The predicted octanol–water partition coefficient (Wildman–Crippen LogP) is 5.68. The molecule has 3 aromatic rings. The lowest BCUT2D eigenvalue weighted by molar-refractivity contribution is 0.0124. The van der Waals surface area contributed by atoms with Gasteiger partial charge < -0.3 is 4.74 Å². The van der Waals surface area contributed by atoms with E-state index < -0.39 is 0 Å². The van der Waals surface area contributed by atoms with Gasteiger partial charge in [-0.3, -0.25) is 10.2 Å². The van der Waals surface area contributed by atoms with Crippen LogP contribution in [0.3, 0.4) is 0 Å². The number of carbonyl (C=O) groups is 1. The highest BCUT2D eigenvalue weighted by Gasteiger charge is 2.24.